The Morgan fingerprint density at radius 3 is 3.20 bits per heavy atom. The molecule has 0 saturated carbocycles. The molecule has 1 fully saturated rings. The van der Waals surface area contributed by atoms with Crippen molar-refractivity contribution in [1.82, 2.24) is 14.3 Å². The number of likely N-dealkylation sites (tertiary alicyclic amines) is 1. The molecule has 3 rings (SSSR count). The number of hydrogen-bond acceptors (Lipinski definition) is 5. The minimum absolute atomic E-state index is 0.0242. The Balaban J connectivity index is 1.82. The van der Waals surface area contributed by atoms with Crippen LogP contribution in [0.4, 0.5) is 0 Å². The van der Waals surface area contributed by atoms with Crippen LogP contribution in [0.2, 0.25) is 0 Å². The summed E-state index contributed by atoms with van der Waals surface area (Å²) in [4.78, 5) is 19.9. The molecule has 2 aromatic heterocycles. The normalized spacial score (nSPS) is 20.6. The van der Waals surface area contributed by atoms with Crippen LogP contribution < -0.4 is 11.3 Å². The zero-order valence-corrected chi connectivity index (χ0v) is 12.5. The fourth-order valence-corrected chi connectivity index (χ4v) is 3.79. The van der Waals surface area contributed by atoms with E-state index in [-0.39, 0.29) is 5.56 Å². The summed E-state index contributed by atoms with van der Waals surface area (Å²) >= 11 is 1.52. The largest absolute Gasteiger partial charge is 0.330 e. The monoisotopic (exact) mass is 292 g/mol. The van der Waals surface area contributed by atoms with E-state index in [1.807, 2.05) is 12.3 Å². The molecular weight excluding hydrogens is 272 g/mol. The molecular formula is C14H20N4OS. The SMILES string of the molecule is Cc1csc2nc(CN3CCCC(CN)C3)cc(=O)n12. The smallest absolute Gasteiger partial charge is 0.259 e. The second-order valence-electron chi connectivity index (χ2n) is 5.56. The van der Waals surface area contributed by atoms with Crippen molar-refractivity contribution in [3.05, 3.63) is 33.2 Å². The third kappa shape index (κ3) is 2.63. The van der Waals surface area contributed by atoms with Crippen molar-refractivity contribution in [2.45, 2.75) is 26.3 Å². The second-order valence-corrected chi connectivity index (χ2v) is 6.40. The fraction of sp³-hybridized carbons (Fsp3) is 0.571. The van der Waals surface area contributed by atoms with Gasteiger partial charge in [-0.25, -0.2) is 4.98 Å². The lowest BCUT2D eigenvalue weighted by Gasteiger charge is -2.31. The Morgan fingerprint density at radius 1 is 1.55 bits per heavy atom. The van der Waals surface area contributed by atoms with Crippen LogP contribution in [0.3, 0.4) is 0 Å². The van der Waals surface area contributed by atoms with Gasteiger partial charge in [-0.15, -0.1) is 11.3 Å². The Hall–Kier alpha value is -1.24. The predicted molar refractivity (Wildman–Crippen MR) is 81.1 cm³/mol. The van der Waals surface area contributed by atoms with Gasteiger partial charge in [0.15, 0.2) is 4.96 Å². The standard InChI is InChI=1S/C14H20N4OS/c1-10-9-20-14-16-12(5-13(19)18(10)14)8-17-4-2-3-11(6-15)7-17/h5,9,11H,2-4,6-8,15H2,1H3. The molecule has 5 nitrogen and oxygen atoms in total. The van der Waals surface area contributed by atoms with Gasteiger partial charge in [-0.05, 0) is 38.8 Å². The van der Waals surface area contributed by atoms with Crippen LogP contribution in [-0.2, 0) is 6.54 Å². The molecule has 0 spiro atoms. The molecule has 0 bridgehead atoms. The molecule has 3 heterocycles. The lowest BCUT2D eigenvalue weighted by Crippen LogP contribution is -2.38. The van der Waals surface area contributed by atoms with Gasteiger partial charge in [0.2, 0.25) is 0 Å². The molecule has 2 N–H and O–H groups in total. The van der Waals surface area contributed by atoms with Crippen LogP contribution in [0.15, 0.2) is 16.2 Å². The van der Waals surface area contributed by atoms with Gasteiger partial charge in [-0.2, -0.15) is 0 Å². The Labute approximate surface area is 122 Å². The quantitative estimate of drug-likeness (QED) is 0.924. The molecule has 0 aliphatic carbocycles. The van der Waals surface area contributed by atoms with Crippen molar-refractivity contribution in [2.75, 3.05) is 19.6 Å². The Bertz CT molecular complexity index is 663. The van der Waals surface area contributed by atoms with Crippen LogP contribution in [-0.4, -0.2) is 33.9 Å². The molecule has 0 radical (unpaired) electrons. The highest BCUT2D eigenvalue weighted by molar-refractivity contribution is 7.15. The molecule has 1 aliphatic heterocycles. The van der Waals surface area contributed by atoms with Crippen LogP contribution >= 0.6 is 11.3 Å². The third-order valence-electron chi connectivity index (χ3n) is 3.95. The molecule has 1 atom stereocenters. The molecule has 2 aromatic rings. The molecule has 108 valence electrons. The molecule has 6 heteroatoms. The van der Waals surface area contributed by atoms with Gasteiger partial charge in [0.25, 0.3) is 5.56 Å². The molecule has 0 amide bonds. The summed E-state index contributed by atoms with van der Waals surface area (Å²) in [5, 5.41) is 1.97. The Morgan fingerprint density at radius 2 is 2.40 bits per heavy atom. The van der Waals surface area contributed by atoms with Crippen molar-refractivity contribution in [2.24, 2.45) is 11.7 Å². The average molecular weight is 292 g/mol. The van der Waals surface area contributed by atoms with Gasteiger partial charge >= 0.3 is 0 Å². The molecule has 20 heavy (non-hydrogen) atoms. The summed E-state index contributed by atoms with van der Waals surface area (Å²) in [6.07, 6.45) is 2.40. The first kappa shape index (κ1) is 13.7. The zero-order chi connectivity index (χ0) is 14.1. The van der Waals surface area contributed by atoms with E-state index in [0.29, 0.717) is 5.92 Å². The van der Waals surface area contributed by atoms with E-state index in [1.54, 1.807) is 10.5 Å². The van der Waals surface area contributed by atoms with Gasteiger partial charge in [0, 0.05) is 30.2 Å². The van der Waals surface area contributed by atoms with E-state index in [2.05, 4.69) is 9.88 Å². The molecule has 0 aromatic carbocycles. The number of nitrogens with two attached hydrogens (primary N) is 1. The number of rotatable bonds is 3. The van der Waals surface area contributed by atoms with E-state index in [1.165, 1.54) is 24.2 Å². The molecule has 1 saturated heterocycles. The fourth-order valence-electron chi connectivity index (χ4n) is 2.90. The number of nitrogens with zero attached hydrogens (tertiary/aromatic N) is 3. The summed E-state index contributed by atoms with van der Waals surface area (Å²) in [6.45, 7) is 5.51. The lowest BCUT2D eigenvalue weighted by atomic mass is 9.98. The highest BCUT2D eigenvalue weighted by Gasteiger charge is 2.19. The first-order valence-electron chi connectivity index (χ1n) is 7.06. The van der Waals surface area contributed by atoms with E-state index in [4.69, 9.17) is 5.73 Å². The van der Waals surface area contributed by atoms with Crippen molar-refractivity contribution < 1.29 is 0 Å². The van der Waals surface area contributed by atoms with Gasteiger partial charge < -0.3 is 5.73 Å². The summed E-state index contributed by atoms with van der Waals surface area (Å²) in [7, 11) is 0. The van der Waals surface area contributed by atoms with E-state index in [9.17, 15) is 4.79 Å². The number of piperidine rings is 1. The van der Waals surface area contributed by atoms with Crippen molar-refractivity contribution in [3.63, 3.8) is 0 Å². The minimum atomic E-state index is 0.0242. The van der Waals surface area contributed by atoms with Crippen molar-refractivity contribution in [3.8, 4) is 0 Å². The topological polar surface area (TPSA) is 63.6 Å². The summed E-state index contributed by atoms with van der Waals surface area (Å²) in [5.74, 6) is 0.581. The maximum absolute atomic E-state index is 12.1. The highest BCUT2D eigenvalue weighted by atomic mass is 32.1. The lowest BCUT2D eigenvalue weighted by molar-refractivity contribution is 0.169. The van der Waals surface area contributed by atoms with E-state index in [0.717, 1.165) is 42.5 Å². The van der Waals surface area contributed by atoms with Gasteiger partial charge in [-0.3, -0.25) is 14.1 Å². The average Bonchev–Trinajstić information content (AvgIpc) is 2.81. The second kappa shape index (κ2) is 5.63. The number of aryl methyl sites for hydroxylation is 1. The number of thiazole rings is 1. The zero-order valence-electron chi connectivity index (χ0n) is 11.7. The number of aromatic nitrogens is 2. The first-order chi connectivity index (χ1) is 9.67. The van der Waals surface area contributed by atoms with Crippen molar-refractivity contribution in [1.29, 1.82) is 0 Å². The maximum Gasteiger partial charge on any atom is 0.259 e. The van der Waals surface area contributed by atoms with Crippen molar-refractivity contribution >= 4 is 16.3 Å². The Kier molecular flexibility index (Phi) is 3.87. The van der Waals surface area contributed by atoms with E-state index < -0.39 is 0 Å². The summed E-state index contributed by atoms with van der Waals surface area (Å²) in [5.41, 5.74) is 7.61. The predicted octanol–water partition coefficient (Wildman–Crippen LogP) is 1.24. The summed E-state index contributed by atoms with van der Waals surface area (Å²) < 4.78 is 1.67. The van der Waals surface area contributed by atoms with Gasteiger partial charge in [0.1, 0.15) is 0 Å². The highest BCUT2D eigenvalue weighted by Crippen LogP contribution is 2.18. The number of hydrogen-bond donors (Lipinski definition) is 1. The van der Waals surface area contributed by atoms with Crippen LogP contribution in [0, 0.1) is 12.8 Å². The third-order valence-corrected chi connectivity index (χ3v) is 4.89. The first-order valence-corrected chi connectivity index (χ1v) is 7.94. The van der Waals surface area contributed by atoms with E-state index >= 15 is 0 Å². The van der Waals surface area contributed by atoms with Gasteiger partial charge in [-0.1, -0.05) is 0 Å². The molecule has 1 unspecified atom stereocenters. The van der Waals surface area contributed by atoms with Crippen LogP contribution in [0.1, 0.15) is 24.2 Å². The van der Waals surface area contributed by atoms with Crippen LogP contribution in [0.5, 0.6) is 0 Å². The number of fused-ring (bicyclic) bond motifs is 1. The van der Waals surface area contributed by atoms with Crippen LogP contribution in [0.25, 0.3) is 4.96 Å². The molecule has 1 aliphatic rings. The maximum atomic E-state index is 12.1. The minimum Gasteiger partial charge on any atom is -0.330 e. The van der Waals surface area contributed by atoms with Gasteiger partial charge in [0.05, 0.1) is 5.69 Å². The summed E-state index contributed by atoms with van der Waals surface area (Å²) in [6, 6.07) is 1.67.